The first kappa shape index (κ1) is 16.1. The molecule has 24 heavy (non-hydrogen) atoms. The second-order valence-corrected chi connectivity index (χ2v) is 5.62. The third kappa shape index (κ3) is 2.76. The number of hydrogen-bond acceptors (Lipinski definition) is 4. The summed E-state index contributed by atoms with van der Waals surface area (Å²) in [5.41, 5.74) is 6.68. The van der Waals surface area contributed by atoms with Crippen LogP contribution in [0.1, 0.15) is 23.0 Å². The maximum Gasteiger partial charge on any atom is 0.267 e. The molecule has 0 fully saturated rings. The lowest BCUT2D eigenvalue weighted by Crippen LogP contribution is -2.12. The van der Waals surface area contributed by atoms with Crippen molar-refractivity contribution in [1.29, 1.82) is 0 Å². The fourth-order valence-corrected chi connectivity index (χ4v) is 2.80. The Labute approximate surface area is 143 Å². The Kier molecular flexibility index (Phi) is 4.31. The average Bonchev–Trinajstić information content (AvgIpc) is 2.84. The molecule has 2 aromatic heterocycles. The molecule has 0 spiro atoms. The maximum absolute atomic E-state index is 11.3. The summed E-state index contributed by atoms with van der Waals surface area (Å²) in [5.74, 6) is -0.0187. The Morgan fingerprint density at radius 2 is 2.17 bits per heavy atom. The first-order valence-electron chi connectivity index (χ1n) is 7.40. The molecule has 0 saturated heterocycles. The number of para-hydroxylation sites is 1. The van der Waals surface area contributed by atoms with Crippen LogP contribution in [0.2, 0.25) is 5.02 Å². The van der Waals surface area contributed by atoms with Crippen molar-refractivity contribution in [1.82, 2.24) is 9.55 Å². The summed E-state index contributed by atoms with van der Waals surface area (Å²) in [6, 6.07) is 8.68. The molecule has 0 aliphatic rings. The number of aromatic nitrogens is 2. The Bertz CT molecular complexity index is 921. The van der Waals surface area contributed by atoms with E-state index >= 15 is 0 Å². The van der Waals surface area contributed by atoms with Crippen molar-refractivity contribution >= 4 is 28.4 Å². The van der Waals surface area contributed by atoms with Gasteiger partial charge in [-0.25, -0.2) is 0 Å². The number of halogens is 1. The van der Waals surface area contributed by atoms with Crippen molar-refractivity contribution in [2.75, 3.05) is 0 Å². The smallest absolute Gasteiger partial charge is 0.267 e. The second kappa shape index (κ2) is 6.41. The van der Waals surface area contributed by atoms with E-state index in [4.69, 9.17) is 22.1 Å². The van der Waals surface area contributed by atoms with Crippen LogP contribution in [0.4, 0.5) is 0 Å². The highest BCUT2D eigenvalue weighted by Crippen LogP contribution is 2.33. The van der Waals surface area contributed by atoms with Crippen molar-refractivity contribution in [3.63, 3.8) is 0 Å². The summed E-state index contributed by atoms with van der Waals surface area (Å²) in [5, 5.41) is 11.7. The molecule has 0 saturated carbocycles. The fraction of sp³-hybridized carbons (Fsp3) is 0.176. The number of amides is 1. The summed E-state index contributed by atoms with van der Waals surface area (Å²) in [7, 11) is 0. The highest BCUT2D eigenvalue weighted by atomic mass is 35.5. The predicted molar refractivity (Wildman–Crippen MR) is 91.4 cm³/mol. The predicted octanol–water partition coefficient (Wildman–Crippen LogP) is 3.09. The second-order valence-electron chi connectivity index (χ2n) is 5.22. The minimum absolute atomic E-state index is 0.0722. The van der Waals surface area contributed by atoms with Gasteiger partial charge in [0.05, 0.1) is 16.1 Å². The van der Waals surface area contributed by atoms with Crippen LogP contribution in [0, 0.1) is 0 Å². The van der Waals surface area contributed by atoms with Gasteiger partial charge in [-0.05, 0) is 25.1 Å². The zero-order valence-electron chi connectivity index (χ0n) is 13.0. The molecule has 2 heterocycles. The molecule has 7 heteroatoms. The summed E-state index contributed by atoms with van der Waals surface area (Å²) < 4.78 is 7.40. The number of primary amides is 1. The van der Waals surface area contributed by atoms with Gasteiger partial charge in [0.15, 0.2) is 5.88 Å². The van der Waals surface area contributed by atoms with Crippen LogP contribution < -0.4 is 10.5 Å². The molecule has 0 aliphatic carbocycles. The molecule has 3 rings (SSSR count). The Morgan fingerprint density at radius 3 is 2.83 bits per heavy atom. The Morgan fingerprint density at radius 1 is 1.42 bits per heavy atom. The van der Waals surface area contributed by atoms with E-state index in [1.807, 2.05) is 19.1 Å². The van der Waals surface area contributed by atoms with Gasteiger partial charge in [0.1, 0.15) is 18.1 Å². The highest BCUT2D eigenvalue weighted by molar-refractivity contribution is 6.32. The van der Waals surface area contributed by atoms with E-state index in [0.29, 0.717) is 33.8 Å². The van der Waals surface area contributed by atoms with Gasteiger partial charge in [0.2, 0.25) is 0 Å². The van der Waals surface area contributed by atoms with Crippen molar-refractivity contribution in [3.05, 3.63) is 52.8 Å². The number of benzene rings is 1. The highest BCUT2D eigenvalue weighted by Gasteiger charge is 2.18. The van der Waals surface area contributed by atoms with Crippen LogP contribution in [0.15, 0.2) is 36.5 Å². The van der Waals surface area contributed by atoms with E-state index in [9.17, 15) is 9.90 Å². The maximum atomic E-state index is 11.3. The third-order valence-electron chi connectivity index (χ3n) is 3.80. The van der Waals surface area contributed by atoms with Gasteiger partial charge in [0.25, 0.3) is 5.91 Å². The standard InChI is InChI=1S/C17H16ClN3O3/c1-2-21-14-7-13(16(19)22)20-8-10(14)11(17(21)23)9-24-15-6-4-3-5-12(15)18/h3-8,23H,2,9H2,1H3,(H2,19,22). The molecular weight excluding hydrogens is 330 g/mol. The topological polar surface area (TPSA) is 90.4 Å². The molecule has 1 amide bonds. The molecule has 0 atom stereocenters. The minimum atomic E-state index is -0.617. The first-order valence-corrected chi connectivity index (χ1v) is 7.78. The van der Waals surface area contributed by atoms with Crippen molar-refractivity contribution in [3.8, 4) is 11.6 Å². The minimum Gasteiger partial charge on any atom is -0.494 e. The number of hydrogen-bond donors (Lipinski definition) is 2. The Hall–Kier alpha value is -2.73. The number of carbonyl (C=O) groups is 1. The van der Waals surface area contributed by atoms with E-state index in [0.717, 1.165) is 0 Å². The molecule has 0 aliphatic heterocycles. The van der Waals surface area contributed by atoms with Gasteiger partial charge in [-0.15, -0.1) is 0 Å². The van der Waals surface area contributed by atoms with Crippen LogP contribution in [-0.2, 0) is 13.2 Å². The largest absolute Gasteiger partial charge is 0.494 e. The molecular formula is C17H16ClN3O3. The molecule has 3 N–H and O–H groups in total. The zero-order valence-corrected chi connectivity index (χ0v) is 13.7. The monoisotopic (exact) mass is 345 g/mol. The van der Waals surface area contributed by atoms with Crippen LogP contribution in [0.25, 0.3) is 10.9 Å². The number of carbonyl (C=O) groups excluding carboxylic acids is 1. The van der Waals surface area contributed by atoms with Crippen LogP contribution in [0.5, 0.6) is 11.6 Å². The van der Waals surface area contributed by atoms with Gasteiger partial charge in [-0.2, -0.15) is 0 Å². The van der Waals surface area contributed by atoms with Crippen LogP contribution >= 0.6 is 11.6 Å². The number of pyridine rings is 1. The average molecular weight is 346 g/mol. The van der Waals surface area contributed by atoms with Gasteiger partial charge >= 0.3 is 0 Å². The molecule has 3 aromatic rings. The number of ether oxygens (including phenoxy) is 1. The molecule has 0 radical (unpaired) electrons. The third-order valence-corrected chi connectivity index (χ3v) is 4.11. The lowest BCUT2D eigenvalue weighted by Gasteiger charge is -2.08. The van der Waals surface area contributed by atoms with Crippen molar-refractivity contribution in [2.24, 2.45) is 5.73 Å². The molecule has 124 valence electrons. The molecule has 6 nitrogen and oxygen atoms in total. The fourth-order valence-electron chi connectivity index (χ4n) is 2.61. The molecule has 0 bridgehead atoms. The van der Waals surface area contributed by atoms with Gasteiger partial charge in [0, 0.05) is 18.1 Å². The van der Waals surface area contributed by atoms with Gasteiger partial charge in [-0.3, -0.25) is 9.78 Å². The van der Waals surface area contributed by atoms with Crippen LogP contribution in [0.3, 0.4) is 0 Å². The zero-order chi connectivity index (χ0) is 17.3. The number of nitrogens with zero attached hydrogens (tertiary/aromatic N) is 2. The number of aromatic hydroxyl groups is 1. The molecule has 0 unspecified atom stereocenters. The summed E-state index contributed by atoms with van der Waals surface area (Å²) in [4.78, 5) is 15.4. The van der Waals surface area contributed by atoms with E-state index in [1.165, 1.54) is 6.20 Å². The van der Waals surface area contributed by atoms with E-state index in [-0.39, 0.29) is 18.2 Å². The lowest BCUT2D eigenvalue weighted by molar-refractivity contribution is 0.0995. The summed E-state index contributed by atoms with van der Waals surface area (Å²) >= 11 is 6.08. The van der Waals surface area contributed by atoms with Crippen molar-refractivity contribution in [2.45, 2.75) is 20.1 Å². The lowest BCUT2D eigenvalue weighted by atomic mass is 10.2. The van der Waals surface area contributed by atoms with E-state index in [1.54, 1.807) is 22.8 Å². The van der Waals surface area contributed by atoms with Crippen molar-refractivity contribution < 1.29 is 14.6 Å². The van der Waals surface area contributed by atoms with E-state index < -0.39 is 5.91 Å². The summed E-state index contributed by atoms with van der Waals surface area (Å²) in [6.45, 7) is 2.54. The number of fused-ring (bicyclic) bond motifs is 1. The van der Waals surface area contributed by atoms with Crippen LogP contribution in [-0.4, -0.2) is 20.6 Å². The molecule has 1 aromatic carbocycles. The number of rotatable bonds is 5. The Balaban J connectivity index is 2.03. The van der Waals surface area contributed by atoms with Gasteiger partial charge < -0.3 is 20.1 Å². The quantitative estimate of drug-likeness (QED) is 0.743. The normalized spacial score (nSPS) is 10.9. The van der Waals surface area contributed by atoms with E-state index in [2.05, 4.69) is 4.98 Å². The summed E-state index contributed by atoms with van der Waals surface area (Å²) in [6.07, 6.45) is 1.52. The first-order chi connectivity index (χ1) is 11.5. The van der Waals surface area contributed by atoms with Gasteiger partial charge in [-0.1, -0.05) is 23.7 Å². The number of aryl methyl sites for hydroxylation is 1. The SMILES string of the molecule is CCn1c(O)c(COc2ccccc2Cl)c2cnc(C(N)=O)cc21. The number of nitrogens with two attached hydrogens (primary N) is 1.